The molecule has 3 aromatic carbocycles. The second-order valence-corrected chi connectivity index (χ2v) is 14.3. The van der Waals surface area contributed by atoms with Gasteiger partial charge in [0.15, 0.2) is 5.78 Å². The van der Waals surface area contributed by atoms with Crippen LogP contribution >= 0.6 is 0 Å². The van der Waals surface area contributed by atoms with Gasteiger partial charge in [0.2, 0.25) is 0 Å². The summed E-state index contributed by atoms with van der Waals surface area (Å²) in [7, 11) is 0. The fraction of sp³-hybridized carbons (Fsp3) is 0.395. The van der Waals surface area contributed by atoms with E-state index in [0.717, 1.165) is 59.4 Å². The van der Waals surface area contributed by atoms with Gasteiger partial charge in [-0.1, -0.05) is 97.4 Å². The molecule has 0 saturated heterocycles. The number of aryl methyl sites for hydroxylation is 2. The summed E-state index contributed by atoms with van der Waals surface area (Å²) in [5.41, 5.74) is 9.39. The smallest absolute Gasteiger partial charge is 0.164 e. The van der Waals surface area contributed by atoms with Gasteiger partial charge in [0, 0.05) is 53.3 Å². The molecule has 0 bridgehead atoms. The van der Waals surface area contributed by atoms with E-state index in [2.05, 4.69) is 82.3 Å². The molecule has 1 aliphatic rings. The molecule has 4 nitrogen and oxygen atoms in total. The van der Waals surface area contributed by atoms with Gasteiger partial charge in [0.25, 0.3) is 0 Å². The standard InChI is InChI=1S/C28H22NO.C15H28O2.Ir/c1-16-14-17(2)18-12-13-22(29-23(18)15-16)19-9-7-10-21-25(19)28(3,4)26-20-8-5-6-11-24(20)30-27(21)26;1-7-14(5,8-2)12(16)11-13(17)15(6,9-3)10-4;/h5-8,10-15H,1-4H3;11,16H,7-10H2,1-6H3;/q-1;;/b;12-11-;. The molecule has 0 spiro atoms. The van der Waals surface area contributed by atoms with Gasteiger partial charge in [-0.2, -0.15) is 0 Å². The van der Waals surface area contributed by atoms with Crippen LogP contribution in [-0.4, -0.2) is 15.9 Å². The predicted octanol–water partition coefficient (Wildman–Crippen LogP) is 12.0. The Morgan fingerprint density at radius 2 is 1.54 bits per heavy atom. The molecule has 1 aliphatic carbocycles. The normalized spacial score (nSPS) is 13.8. The van der Waals surface area contributed by atoms with Crippen LogP contribution in [0.2, 0.25) is 0 Å². The minimum absolute atomic E-state index is 0. The number of aliphatic hydroxyl groups excluding tert-OH is 1. The van der Waals surface area contributed by atoms with Crippen LogP contribution in [0.1, 0.15) is 103 Å². The van der Waals surface area contributed by atoms with Crippen molar-refractivity contribution in [3.63, 3.8) is 0 Å². The van der Waals surface area contributed by atoms with Crippen molar-refractivity contribution < 1.29 is 34.4 Å². The molecule has 0 saturated carbocycles. The summed E-state index contributed by atoms with van der Waals surface area (Å²) < 4.78 is 6.33. The van der Waals surface area contributed by atoms with Crippen LogP contribution in [0.15, 0.2) is 76.9 Å². The number of ketones is 1. The number of aromatic nitrogens is 1. The van der Waals surface area contributed by atoms with E-state index in [1.165, 1.54) is 39.1 Å². The van der Waals surface area contributed by atoms with Crippen LogP contribution in [0.25, 0.3) is 44.5 Å². The van der Waals surface area contributed by atoms with Crippen LogP contribution in [0.4, 0.5) is 0 Å². The Balaban J connectivity index is 0.000000251. The topological polar surface area (TPSA) is 63.3 Å². The first-order valence-electron chi connectivity index (χ1n) is 17.2. The number of para-hydroxylation sites is 1. The second-order valence-electron chi connectivity index (χ2n) is 14.3. The molecule has 5 aromatic rings. The number of aliphatic hydroxyl groups is 1. The first-order valence-corrected chi connectivity index (χ1v) is 17.2. The summed E-state index contributed by atoms with van der Waals surface area (Å²) in [6.45, 7) is 20.9. The predicted molar refractivity (Wildman–Crippen MR) is 196 cm³/mol. The largest absolute Gasteiger partial charge is 0.512 e. The third-order valence-corrected chi connectivity index (χ3v) is 11.1. The number of carbonyl (C=O) groups excluding carboxylic acids is 1. The van der Waals surface area contributed by atoms with E-state index in [1.807, 2.05) is 53.7 Å². The zero-order valence-corrected chi connectivity index (χ0v) is 32.6. The van der Waals surface area contributed by atoms with Crippen LogP contribution in [0, 0.1) is 30.7 Å². The van der Waals surface area contributed by atoms with E-state index in [0.29, 0.717) is 0 Å². The molecule has 1 radical (unpaired) electrons. The van der Waals surface area contributed by atoms with Crippen molar-refractivity contribution in [3.05, 3.63) is 101 Å². The van der Waals surface area contributed by atoms with E-state index >= 15 is 0 Å². The maximum Gasteiger partial charge on any atom is 0.164 e. The summed E-state index contributed by atoms with van der Waals surface area (Å²) >= 11 is 0. The third-order valence-electron chi connectivity index (χ3n) is 11.1. The van der Waals surface area contributed by atoms with Gasteiger partial charge in [-0.25, -0.2) is 0 Å². The van der Waals surface area contributed by atoms with Gasteiger partial charge in [0.1, 0.15) is 17.1 Å². The number of hydrogen-bond donors (Lipinski definition) is 1. The number of rotatable bonds is 8. The molecule has 2 aromatic heterocycles. The van der Waals surface area contributed by atoms with Crippen molar-refractivity contribution in [3.8, 4) is 22.6 Å². The number of carbonyl (C=O) groups is 1. The summed E-state index contributed by atoms with van der Waals surface area (Å²) in [4.78, 5) is 17.2. The number of benzene rings is 3. The van der Waals surface area contributed by atoms with Gasteiger partial charge in [-0.15, -0.1) is 29.3 Å². The SMILES string of the molecule is CCC(C)(CC)C(=O)/C=C(\O)C(C)(CC)CC.Cc1cc(C)c2ccc(-c3[c-]ccc4c3C(C)(C)c3c-4oc4ccccc34)nc2c1.[Ir]. The minimum Gasteiger partial charge on any atom is -0.512 e. The van der Waals surface area contributed by atoms with E-state index in [9.17, 15) is 9.90 Å². The molecule has 0 amide bonds. The molecule has 6 rings (SSSR count). The minimum atomic E-state index is -0.337. The van der Waals surface area contributed by atoms with E-state index in [4.69, 9.17) is 9.40 Å². The molecule has 0 fully saturated rings. The van der Waals surface area contributed by atoms with Crippen LogP contribution in [0.5, 0.6) is 0 Å². The Kier molecular flexibility index (Phi) is 11.0. The molecule has 2 heterocycles. The monoisotopic (exact) mass is 821 g/mol. The number of allylic oxidation sites excluding steroid dienone is 2. The summed E-state index contributed by atoms with van der Waals surface area (Å²) in [6.07, 6.45) is 4.75. The molecule has 255 valence electrons. The quantitative estimate of drug-likeness (QED) is 0.0962. The number of fused-ring (bicyclic) bond motifs is 6. The average Bonchev–Trinajstić information content (AvgIpc) is 3.57. The fourth-order valence-corrected chi connectivity index (χ4v) is 6.94. The molecule has 0 unspecified atom stereocenters. The summed E-state index contributed by atoms with van der Waals surface area (Å²) in [5.74, 6) is 1.27. The molecule has 1 N–H and O–H groups in total. The van der Waals surface area contributed by atoms with Crippen LogP contribution in [-0.2, 0) is 30.3 Å². The van der Waals surface area contributed by atoms with Gasteiger partial charge in [0.05, 0.1) is 5.52 Å². The zero-order valence-electron chi connectivity index (χ0n) is 30.2. The van der Waals surface area contributed by atoms with E-state index in [-0.39, 0.29) is 47.9 Å². The number of furan rings is 1. The average molecular weight is 821 g/mol. The molecule has 0 atom stereocenters. The Morgan fingerprint density at radius 3 is 2.19 bits per heavy atom. The maximum absolute atomic E-state index is 12.2. The van der Waals surface area contributed by atoms with Crippen molar-refractivity contribution in [2.75, 3.05) is 0 Å². The Bertz CT molecular complexity index is 1990. The first kappa shape index (κ1) is 37.3. The maximum atomic E-state index is 12.2. The Morgan fingerprint density at radius 1 is 0.896 bits per heavy atom. The van der Waals surface area contributed by atoms with Gasteiger partial charge in [-0.3, -0.25) is 9.78 Å². The van der Waals surface area contributed by atoms with Crippen molar-refractivity contribution in [2.24, 2.45) is 10.8 Å². The number of hydrogen-bond acceptors (Lipinski definition) is 4. The summed E-state index contributed by atoms with van der Waals surface area (Å²) in [6, 6.07) is 24.7. The fourth-order valence-electron chi connectivity index (χ4n) is 6.94. The van der Waals surface area contributed by atoms with Crippen molar-refractivity contribution in [1.29, 1.82) is 0 Å². The van der Waals surface area contributed by atoms with Crippen molar-refractivity contribution in [1.82, 2.24) is 4.98 Å². The Hall–Kier alpha value is -3.53. The molecular weight excluding hydrogens is 771 g/mol. The zero-order chi connectivity index (χ0) is 34.3. The second kappa shape index (κ2) is 14.1. The van der Waals surface area contributed by atoms with Gasteiger partial charge < -0.3 is 9.52 Å². The van der Waals surface area contributed by atoms with Gasteiger partial charge in [-0.05, 0) is 73.9 Å². The Labute approximate surface area is 300 Å². The van der Waals surface area contributed by atoms with Crippen LogP contribution in [0.3, 0.4) is 0 Å². The van der Waals surface area contributed by atoms with Crippen molar-refractivity contribution in [2.45, 2.75) is 100 Å². The summed E-state index contributed by atoms with van der Waals surface area (Å²) in [5, 5.41) is 12.5. The van der Waals surface area contributed by atoms with E-state index in [1.54, 1.807) is 0 Å². The molecule has 5 heteroatoms. The first-order chi connectivity index (χ1) is 22.2. The molecular formula is C43H50IrNO3-. The molecule has 48 heavy (non-hydrogen) atoms. The van der Waals surface area contributed by atoms with Crippen molar-refractivity contribution >= 4 is 27.7 Å². The number of pyridine rings is 1. The van der Waals surface area contributed by atoms with E-state index < -0.39 is 0 Å². The number of nitrogens with zero attached hydrogens (tertiary/aromatic N) is 1. The third kappa shape index (κ3) is 6.44. The van der Waals surface area contributed by atoms with Gasteiger partial charge >= 0.3 is 0 Å². The van der Waals surface area contributed by atoms with Crippen LogP contribution < -0.4 is 0 Å². The molecule has 0 aliphatic heterocycles.